The van der Waals surface area contributed by atoms with E-state index in [2.05, 4.69) is 6.58 Å². The molecule has 0 heterocycles. The van der Waals surface area contributed by atoms with Gasteiger partial charge in [-0.15, -0.1) is 0 Å². The van der Waals surface area contributed by atoms with Crippen LogP contribution in [0.5, 0.6) is 0 Å². The van der Waals surface area contributed by atoms with Crippen molar-refractivity contribution in [1.82, 2.24) is 4.72 Å². The summed E-state index contributed by atoms with van der Waals surface area (Å²) in [5.41, 5.74) is 0. The molecule has 0 amide bonds. The minimum absolute atomic E-state index is 0.0889. The van der Waals surface area contributed by atoms with Gasteiger partial charge in [-0.05, 0) is 6.92 Å². The van der Waals surface area contributed by atoms with Crippen molar-refractivity contribution in [2.75, 3.05) is 6.54 Å². The van der Waals surface area contributed by atoms with E-state index in [0.29, 0.717) is 0 Å². The summed E-state index contributed by atoms with van der Waals surface area (Å²) in [6.07, 6.45) is 0. The van der Waals surface area contributed by atoms with Crippen molar-refractivity contribution < 1.29 is 8.42 Å². The highest BCUT2D eigenvalue weighted by Gasteiger charge is 1.97. The minimum Gasteiger partial charge on any atom is -0.211 e. The SMILES string of the molecule is [CH]CNS(=O)(=O)C=C. The van der Waals surface area contributed by atoms with E-state index in [1.54, 1.807) is 0 Å². The van der Waals surface area contributed by atoms with Crippen LogP contribution in [0, 0.1) is 6.92 Å². The molecule has 0 aromatic carbocycles. The molecule has 2 radical (unpaired) electrons. The molecule has 46 valence electrons. The quantitative estimate of drug-likeness (QED) is 0.577. The number of nitrogens with one attached hydrogen (secondary N) is 1. The molecule has 0 spiro atoms. The zero-order chi connectivity index (χ0) is 6.62. The summed E-state index contributed by atoms with van der Waals surface area (Å²) in [6, 6.07) is 0. The number of hydrogen-bond acceptors (Lipinski definition) is 2. The van der Waals surface area contributed by atoms with Crippen LogP contribution in [0.3, 0.4) is 0 Å². The van der Waals surface area contributed by atoms with Crippen LogP contribution >= 0.6 is 0 Å². The summed E-state index contributed by atoms with van der Waals surface area (Å²) in [7, 11) is -3.28. The Morgan fingerprint density at radius 1 is 1.75 bits per heavy atom. The van der Waals surface area contributed by atoms with Crippen LogP contribution in [0.2, 0.25) is 0 Å². The number of hydrogen-bond donors (Lipinski definition) is 1. The smallest absolute Gasteiger partial charge is 0.211 e. The molecule has 0 aliphatic rings. The zero-order valence-electron chi connectivity index (χ0n) is 4.29. The van der Waals surface area contributed by atoms with E-state index >= 15 is 0 Å². The van der Waals surface area contributed by atoms with Crippen molar-refractivity contribution >= 4 is 10.0 Å². The van der Waals surface area contributed by atoms with Gasteiger partial charge < -0.3 is 0 Å². The maximum atomic E-state index is 10.3. The Bertz CT molecular complexity index is 159. The lowest BCUT2D eigenvalue weighted by Gasteiger charge is -1.93. The summed E-state index contributed by atoms with van der Waals surface area (Å²) < 4.78 is 22.6. The molecule has 0 aliphatic carbocycles. The van der Waals surface area contributed by atoms with E-state index in [1.165, 1.54) is 0 Å². The van der Waals surface area contributed by atoms with Crippen molar-refractivity contribution in [3.8, 4) is 0 Å². The van der Waals surface area contributed by atoms with Crippen molar-refractivity contribution in [1.29, 1.82) is 0 Å². The molecule has 3 nitrogen and oxygen atoms in total. The summed E-state index contributed by atoms with van der Waals surface area (Å²) in [5, 5.41) is 0.805. The Morgan fingerprint density at radius 2 is 2.25 bits per heavy atom. The third-order valence-corrected chi connectivity index (χ3v) is 1.51. The van der Waals surface area contributed by atoms with E-state index in [4.69, 9.17) is 6.92 Å². The van der Waals surface area contributed by atoms with Gasteiger partial charge >= 0.3 is 0 Å². The highest BCUT2D eigenvalue weighted by Crippen LogP contribution is 1.79. The van der Waals surface area contributed by atoms with Crippen molar-refractivity contribution in [3.05, 3.63) is 18.9 Å². The molecular formula is C4H7NO2S. The van der Waals surface area contributed by atoms with Gasteiger partial charge in [-0.2, -0.15) is 0 Å². The first kappa shape index (κ1) is 7.65. The van der Waals surface area contributed by atoms with Gasteiger partial charge in [-0.1, -0.05) is 6.58 Å². The van der Waals surface area contributed by atoms with E-state index in [0.717, 1.165) is 5.41 Å². The maximum Gasteiger partial charge on any atom is 0.233 e. The summed E-state index contributed by atoms with van der Waals surface area (Å²) in [6.45, 7) is 7.81. The molecule has 0 saturated heterocycles. The van der Waals surface area contributed by atoms with Crippen LogP contribution in [0.25, 0.3) is 0 Å². The molecular weight excluding hydrogens is 126 g/mol. The fraction of sp³-hybridized carbons (Fsp3) is 0.250. The van der Waals surface area contributed by atoms with Gasteiger partial charge in [0.25, 0.3) is 0 Å². The second kappa shape index (κ2) is 2.84. The normalized spacial score (nSPS) is 11.1. The standard InChI is InChI=1S/C4H7NO2S/c1-3-5-8(6,7)4-2/h1,4-5H,2-3H2. The molecule has 0 saturated carbocycles. The second-order valence-corrected chi connectivity index (χ2v) is 2.77. The second-order valence-electron chi connectivity index (χ2n) is 1.06. The van der Waals surface area contributed by atoms with Gasteiger partial charge in [-0.3, -0.25) is 0 Å². The van der Waals surface area contributed by atoms with E-state index in [-0.39, 0.29) is 6.54 Å². The van der Waals surface area contributed by atoms with Crippen molar-refractivity contribution in [2.45, 2.75) is 0 Å². The maximum absolute atomic E-state index is 10.3. The highest BCUT2D eigenvalue weighted by atomic mass is 32.2. The van der Waals surface area contributed by atoms with Crippen LogP contribution in [-0.4, -0.2) is 15.0 Å². The lowest BCUT2D eigenvalue weighted by molar-refractivity contribution is 0.595. The van der Waals surface area contributed by atoms with Crippen molar-refractivity contribution in [2.24, 2.45) is 0 Å². The fourth-order valence-corrected chi connectivity index (χ4v) is 0.525. The number of sulfonamides is 1. The van der Waals surface area contributed by atoms with Crippen LogP contribution in [-0.2, 0) is 10.0 Å². The van der Waals surface area contributed by atoms with Crippen molar-refractivity contribution in [3.63, 3.8) is 0 Å². The van der Waals surface area contributed by atoms with Gasteiger partial charge in [0.05, 0.1) is 0 Å². The van der Waals surface area contributed by atoms with Crippen LogP contribution in [0.15, 0.2) is 12.0 Å². The molecule has 0 rings (SSSR count). The zero-order valence-corrected chi connectivity index (χ0v) is 5.11. The molecule has 8 heavy (non-hydrogen) atoms. The molecule has 0 bridgehead atoms. The third kappa shape index (κ3) is 2.76. The molecule has 1 N–H and O–H groups in total. The Morgan fingerprint density at radius 3 is 2.38 bits per heavy atom. The molecule has 0 atom stereocenters. The molecule has 0 fully saturated rings. The first-order chi connectivity index (χ1) is 3.62. The lowest BCUT2D eigenvalue weighted by Crippen LogP contribution is -2.19. The summed E-state index contributed by atoms with van der Waals surface area (Å²) in [4.78, 5) is 0. The summed E-state index contributed by atoms with van der Waals surface area (Å²) in [5.74, 6) is 0. The first-order valence-electron chi connectivity index (χ1n) is 1.94. The van der Waals surface area contributed by atoms with Crippen LogP contribution < -0.4 is 4.72 Å². The highest BCUT2D eigenvalue weighted by molar-refractivity contribution is 7.92. The van der Waals surface area contributed by atoms with Crippen LogP contribution in [0.4, 0.5) is 0 Å². The van der Waals surface area contributed by atoms with E-state index in [1.807, 2.05) is 4.72 Å². The monoisotopic (exact) mass is 133 g/mol. The van der Waals surface area contributed by atoms with Gasteiger partial charge in [0, 0.05) is 12.0 Å². The largest absolute Gasteiger partial charge is 0.233 e. The fourth-order valence-electron chi connectivity index (χ4n) is 0.175. The van der Waals surface area contributed by atoms with E-state index < -0.39 is 10.0 Å². The Hall–Kier alpha value is -0.350. The first-order valence-corrected chi connectivity index (χ1v) is 3.49. The van der Waals surface area contributed by atoms with Gasteiger partial charge in [-0.25, -0.2) is 13.1 Å². The molecule has 0 aromatic heterocycles. The predicted octanol–water partition coefficient (Wildman–Crippen LogP) is -0.240. The number of rotatable bonds is 3. The average Bonchev–Trinajstić information content (AvgIpc) is 1.67. The molecule has 0 unspecified atom stereocenters. The van der Waals surface area contributed by atoms with Crippen LogP contribution in [0.1, 0.15) is 0 Å². The average molecular weight is 133 g/mol. The van der Waals surface area contributed by atoms with Gasteiger partial charge in [0.15, 0.2) is 0 Å². The van der Waals surface area contributed by atoms with Gasteiger partial charge in [0.1, 0.15) is 0 Å². The predicted molar refractivity (Wildman–Crippen MR) is 31.4 cm³/mol. The lowest BCUT2D eigenvalue weighted by atomic mass is 10.8. The topological polar surface area (TPSA) is 46.2 Å². The molecule has 0 aromatic rings. The van der Waals surface area contributed by atoms with E-state index in [9.17, 15) is 8.42 Å². The Labute approximate surface area is 49.5 Å². The summed E-state index contributed by atoms with van der Waals surface area (Å²) >= 11 is 0. The minimum atomic E-state index is -3.28. The molecule has 0 aliphatic heterocycles. The third-order valence-electron chi connectivity index (χ3n) is 0.504. The molecule has 4 heteroatoms. The Balaban J connectivity index is 3.95. The van der Waals surface area contributed by atoms with Gasteiger partial charge in [0.2, 0.25) is 10.0 Å². The Kier molecular flexibility index (Phi) is 2.71.